The molecule has 1 aromatic carbocycles. The minimum atomic E-state index is -0.313. The minimum absolute atomic E-state index is 0.313. The van der Waals surface area contributed by atoms with Crippen LogP contribution in [-0.2, 0) is 4.74 Å². The normalized spacial score (nSPS) is 9.88. The molecule has 4 heteroatoms. The zero-order valence-corrected chi connectivity index (χ0v) is 9.75. The Morgan fingerprint density at radius 1 is 1.31 bits per heavy atom. The molecule has 16 heavy (non-hydrogen) atoms. The molecule has 88 valence electrons. The number of carbonyl (C=O) groups is 1. The first kappa shape index (κ1) is 12.5. The number of methoxy groups -OCH3 is 1. The minimum Gasteiger partial charge on any atom is -0.465 e. The third kappa shape index (κ3) is 3.55. The molecule has 0 amide bonds. The average Bonchev–Trinajstić information content (AvgIpc) is 2.34. The smallest absolute Gasteiger partial charge is 0.339 e. The van der Waals surface area contributed by atoms with Crippen LogP contribution in [0.15, 0.2) is 24.3 Å². The van der Waals surface area contributed by atoms with Crippen molar-refractivity contribution in [3.63, 3.8) is 0 Å². The van der Waals surface area contributed by atoms with Crippen LogP contribution in [0.1, 0.15) is 17.3 Å². The number of carbonyl (C=O) groups excluding carboxylic acids is 1. The van der Waals surface area contributed by atoms with Gasteiger partial charge in [-0.15, -0.1) is 0 Å². The van der Waals surface area contributed by atoms with Gasteiger partial charge in [0.1, 0.15) is 0 Å². The lowest BCUT2D eigenvalue weighted by Crippen LogP contribution is -2.22. The van der Waals surface area contributed by atoms with Crippen LogP contribution in [-0.4, -0.2) is 32.7 Å². The van der Waals surface area contributed by atoms with Crippen LogP contribution in [0.3, 0.4) is 0 Å². The topological polar surface area (TPSA) is 50.4 Å². The van der Waals surface area contributed by atoms with Crippen molar-refractivity contribution in [3.8, 4) is 0 Å². The Balaban J connectivity index is 2.60. The van der Waals surface area contributed by atoms with E-state index in [2.05, 4.69) is 17.6 Å². The van der Waals surface area contributed by atoms with Gasteiger partial charge in [0.2, 0.25) is 0 Å². The molecule has 0 spiro atoms. The fourth-order valence-electron chi connectivity index (χ4n) is 1.39. The molecule has 1 aromatic rings. The summed E-state index contributed by atoms with van der Waals surface area (Å²) in [6.07, 6.45) is 0. The van der Waals surface area contributed by atoms with Crippen LogP contribution in [0.25, 0.3) is 0 Å². The van der Waals surface area contributed by atoms with Crippen LogP contribution in [0.5, 0.6) is 0 Å². The van der Waals surface area contributed by atoms with Gasteiger partial charge in [0.15, 0.2) is 0 Å². The Hall–Kier alpha value is -1.55. The number of benzene rings is 1. The predicted molar refractivity (Wildman–Crippen MR) is 64.8 cm³/mol. The van der Waals surface area contributed by atoms with Crippen molar-refractivity contribution in [1.29, 1.82) is 0 Å². The Kier molecular flexibility index (Phi) is 5.36. The van der Waals surface area contributed by atoms with Crippen LogP contribution in [0.2, 0.25) is 0 Å². The second kappa shape index (κ2) is 6.85. The van der Waals surface area contributed by atoms with E-state index >= 15 is 0 Å². The third-order valence-electron chi connectivity index (χ3n) is 2.20. The highest BCUT2D eigenvalue weighted by atomic mass is 16.5. The molecule has 0 unspecified atom stereocenters. The SMILES string of the molecule is CCNCCNc1ccccc1C(=O)OC. The number of nitrogens with one attached hydrogen (secondary N) is 2. The number of rotatable bonds is 6. The monoisotopic (exact) mass is 222 g/mol. The lowest BCUT2D eigenvalue weighted by Gasteiger charge is -2.10. The number of hydrogen-bond acceptors (Lipinski definition) is 4. The Morgan fingerprint density at radius 3 is 2.75 bits per heavy atom. The lowest BCUT2D eigenvalue weighted by molar-refractivity contribution is 0.0602. The summed E-state index contributed by atoms with van der Waals surface area (Å²) in [5, 5.41) is 6.40. The van der Waals surface area contributed by atoms with Crippen molar-refractivity contribution < 1.29 is 9.53 Å². The van der Waals surface area contributed by atoms with E-state index in [9.17, 15) is 4.79 Å². The van der Waals surface area contributed by atoms with Crippen LogP contribution in [0.4, 0.5) is 5.69 Å². The molecule has 2 N–H and O–H groups in total. The summed E-state index contributed by atoms with van der Waals surface area (Å²) < 4.78 is 4.71. The largest absolute Gasteiger partial charge is 0.465 e. The highest BCUT2D eigenvalue weighted by Gasteiger charge is 2.09. The molecular formula is C12H18N2O2. The summed E-state index contributed by atoms with van der Waals surface area (Å²) in [6, 6.07) is 7.34. The van der Waals surface area contributed by atoms with Gasteiger partial charge in [0.05, 0.1) is 12.7 Å². The van der Waals surface area contributed by atoms with E-state index < -0.39 is 0 Å². The summed E-state index contributed by atoms with van der Waals surface area (Å²) in [7, 11) is 1.39. The van der Waals surface area contributed by atoms with Crippen LogP contribution < -0.4 is 10.6 Å². The molecule has 0 aromatic heterocycles. The third-order valence-corrected chi connectivity index (χ3v) is 2.20. The van der Waals surface area contributed by atoms with E-state index in [-0.39, 0.29) is 5.97 Å². The molecular weight excluding hydrogens is 204 g/mol. The average molecular weight is 222 g/mol. The zero-order valence-electron chi connectivity index (χ0n) is 9.75. The molecule has 0 radical (unpaired) electrons. The molecule has 0 aliphatic rings. The standard InChI is InChI=1S/C12H18N2O2/c1-3-13-8-9-14-11-7-5-4-6-10(11)12(15)16-2/h4-7,13-14H,3,8-9H2,1-2H3. The summed E-state index contributed by atoms with van der Waals surface area (Å²) in [5.41, 5.74) is 1.38. The van der Waals surface area contributed by atoms with Crippen molar-refractivity contribution in [3.05, 3.63) is 29.8 Å². The molecule has 0 saturated heterocycles. The van der Waals surface area contributed by atoms with Crippen molar-refractivity contribution in [1.82, 2.24) is 5.32 Å². The maximum atomic E-state index is 11.4. The number of esters is 1. The van der Waals surface area contributed by atoms with E-state index in [1.54, 1.807) is 6.07 Å². The van der Waals surface area contributed by atoms with Gasteiger partial charge in [-0.05, 0) is 18.7 Å². The van der Waals surface area contributed by atoms with Crippen LogP contribution >= 0.6 is 0 Å². The van der Waals surface area contributed by atoms with Gasteiger partial charge in [-0.3, -0.25) is 0 Å². The van der Waals surface area contributed by atoms with E-state index in [1.165, 1.54) is 7.11 Å². The quantitative estimate of drug-likeness (QED) is 0.565. The van der Waals surface area contributed by atoms with E-state index in [1.807, 2.05) is 18.2 Å². The van der Waals surface area contributed by atoms with Crippen LogP contribution in [0, 0.1) is 0 Å². The maximum absolute atomic E-state index is 11.4. The Morgan fingerprint density at radius 2 is 2.06 bits per heavy atom. The molecule has 0 aliphatic carbocycles. The van der Waals surface area contributed by atoms with Crippen molar-refractivity contribution >= 4 is 11.7 Å². The number of para-hydroxylation sites is 1. The van der Waals surface area contributed by atoms with Crippen molar-refractivity contribution in [2.24, 2.45) is 0 Å². The summed E-state index contributed by atoms with van der Waals surface area (Å²) >= 11 is 0. The van der Waals surface area contributed by atoms with Crippen molar-refractivity contribution in [2.75, 3.05) is 32.1 Å². The first-order valence-corrected chi connectivity index (χ1v) is 5.41. The number of likely N-dealkylation sites (N-methyl/N-ethyl adjacent to an activating group) is 1. The highest BCUT2D eigenvalue weighted by Crippen LogP contribution is 2.15. The maximum Gasteiger partial charge on any atom is 0.339 e. The summed E-state index contributed by atoms with van der Waals surface area (Å²) in [6.45, 7) is 4.65. The van der Waals surface area contributed by atoms with Gasteiger partial charge in [-0.2, -0.15) is 0 Å². The van der Waals surface area contributed by atoms with Gasteiger partial charge in [0, 0.05) is 18.8 Å². The van der Waals surface area contributed by atoms with Gasteiger partial charge >= 0.3 is 5.97 Å². The highest BCUT2D eigenvalue weighted by molar-refractivity contribution is 5.95. The van der Waals surface area contributed by atoms with Gasteiger partial charge in [-0.1, -0.05) is 19.1 Å². The van der Waals surface area contributed by atoms with E-state index in [0.29, 0.717) is 5.56 Å². The molecule has 1 rings (SSSR count). The first-order chi connectivity index (χ1) is 7.79. The second-order valence-corrected chi connectivity index (χ2v) is 3.32. The molecule has 0 atom stereocenters. The molecule has 0 saturated carbocycles. The predicted octanol–water partition coefficient (Wildman–Crippen LogP) is 1.49. The van der Waals surface area contributed by atoms with Crippen molar-refractivity contribution in [2.45, 2.75) is 6.92 Å². The zero-order chi connectivity index (χ0) is 11.8. The summed E-state index contributed by atoms with van der Waals surface area (Å²) in [5.74, 6) is -0.313. The van der Waals surface area contributed by atoms with E-state index in [4.69, 9.17) is 4.74 Å². The Bertz CT molecular complexity index is 340. The lowest BCUT2D eigenvalue weighted by atomic mass is 10.2. The molecule has 4 nitrogen and oxygen atoms in total. The fraction of sp³-hybridized carbons (Fsp3) is 0.417. The molecule has 0 aliphatic heterocycles. The number of ether oxygens (including phenoxy) is 1. The first-order valence-electron chi connectivity index (χ1n) is 5.41. The number of anilines is 1. The summed E-state index contributed by atoms with van der Waals surface area (Å²) in [4.78, 5) is 11.4. The van der Waals surface area contributed by atoms with Gasteiger partial charge < -0.3 is 15.4 Å². The van der Waals surface area contributed by atoms with Gasteiger partial charge in [0.25, 0.3) is 0 Å². The van der Waals surface area contributed by atoms with E-state index in [0.717, 1.165) is 25.3 Å². The Labute approximate surface area is 96.0 Å². The molecule has 0 fully saturated rings. The second-order valence-electron chi connectivity index (χ2n) is 3.32. The number of hydrogen-bond donors (Lipinski definition) is 2. The van der Waals surface area contributed by atoms with Gasteiger partial charge in [-0.25, -0.2) is 4.79 Å². The fourth-order valence-corrected chi connectivity index (χ4v) is 1.39. The molecule has 0 heterocycles. The molecule has 0 bridgehead atoms.